The molecule has 0 aromatic carbocycles. The second-order valence-corrected chi connectivity index (χ2v) is 8.87. The van der Waals surface area contributed by atoms with E-state index in [4.69, 9.17) is 14.2 Å². The van der Waals surface area contributed by atoms with Crippen LogP contribution in [0.5, 0.6) is 5.88 Å². The van der Waals surface area contributed by atoms with Crippen LogP contribution in [0, 0.1) is 0 Å². The summed E-state index contributed by atoms with van der Waals surface area (Å²) in [4.78, 5) is 40.9. The number of carbonyl (C=O) groups is 2. The Labute approximate surface area is 195 Å². The molecule has 0 spiro atoms. The van der Waals surface area contributed by atoms with Crippen LogP contribution in [0.4, 0.5) is 22.1 Å². The molecule has 2 saturated heterocycles. The third kappa shape index (κ3) is 4.46. The number of nitrogens with zero attached hydrogens (tertiary/aromatic N) is 5. The highest BCUT2D eigenvalue weighted by molar-refractivity contribution is 6.04. The highest BCUT2D eigenvalue weighted by atomic mass is 16.7. The fourth-order valence-electron chi connectivity index (χ4n) is 4.45. The average molecular weight is 470 g/mol. The lowest BCUT2D eigenvalue weighted by molar-refractivity contribution is -0.141. The van der Waals surface area contributed by atoms with Crippen LogP contribution in [0.2, 0.25) is 0 Å². The van der Waals surface area contributed by atoms with Crippen LogP contribution in [0.1, 0.15) is 37.3 Å². The Balaban J connectivity index is 1.32. The number of urea groups is 1. The number of nitrogens with one attached hydrogen (secondary N) is 1. The zero-order chi connectivity index (χ0) is 23.9. The molecule has 3 aliphatic rings. The van der Waals surface area contributed by atoms with Gasteiger partial charge in [0.25, 0.3) is 0 Å². The van der Waals surface area contributed by atoms with Crippen molar-refractivity contribution in [2.75, 3.05) is 41.4 Å². The van der Waals surface area contributed by atoms with E-state index in [-0.39, 0.29) is 30.4 Å². The molecule has 3 aliphatic heterocycles. The second kappa shape index (κ2) is 8.69. The number of fused-ring (bicyclic) bond motifs is 4. The molecular formula is C22H26N6O6. The van der Waals surface area contributed by atoms with Crippen molar-refractivity contribution in [3.63, 3.8) is 0 Å². The summed E-state index contributed by atoms with van der Waals surface area (Å²) in [6.45, 7) is 5.82. The van der Waals surface area contributed by atoms with Gasteiger partial charge >= 0.3 is 12.0 Å². The Morgan fingerprint density at radius 3 is 2.94 bits per heavy atom. The Bertz CT molecular complexity index is 1110. The van der Waals surface area contributed by atoms with Gasteiger partial charge in [0.2, 0.25) is 11.7 Å². The first-order chi connectivity index (χ1) is 16.3. The molecule has 0 saturated carbocycles. The fourth-order valence-corrected chi connectivity index (χ4v) is 4.45. The molecule has 34 heavy (non-hydrogen) atoms. The molecule has 180 valence electrons. The van der Waals surface area contributed by atoms with Crippen molar-refractivity contribution in [1.29, 1.82) is 0 Å². The van der Waals surface area contributed by atoms with Crippen molar-refractivity contribution in [3.05, 3.63) is 30.2 Å². The first-order valence-corrected chi connectivity index (χ1v) is 11.2. The summed E-state index contributed by atoms with van der Waals surface area (Å²) in [6.07, 6.45) is 2.94. The van der Waals surface area contributed by atoms with Gasteiger partial charge in [0, 0.05) is 19.2 Å². The lowest BCUT2D eigenvalue weighted by atomic mass is 10.0. The first-order valence-electron chi connectivity index (χ1n) is 11.2. The summed E-state index contributed by atoms with van der Waals surface area (Å²) in [5.41, 5.74) is 0.642. The van der Waals surface area contributed by atoms with E-state index in [0.29, 0.717) is 30.5 Å². The molecule has 12 heteroatoms. The number of hydrogen-bond acceptors (Lipinski definition) is 9. The minimum absolute atomic E-state index is 0.139. The molecule has 5 heterocycles. The van der Waals surface area contributed by atoms with Gasteiger partial charge in [-0.2, -0.15) is 4.98 Å². The van der Waals surface area contributed by atoms with Crippen molar-refractivity contribution < 1.29 is 28.9 Å². The summed E-state index contributed by atoms with van der Waals surface area (Å²) >= 11 is 0. The normalized spacial score (nSPS) is 22.8. The van der Waals surface area contributed by atoms with E-state index in [2.05, 4.69) is 25.2 Å². The van der Waals surface area contributed by atoms with Gasteiger partial charge in [-0.3, -0.25) is 10.2 Å². The molecule has 2 aromatic heterocycles. The molecule has 12 nitrogen and oxygen atoms in total. The summed E-state index contributed by atoms with van der Waals surface area (Å²) in [7, 11) is 0. The number of rotatable bonds is 5. The first kappa shape index (κ1) is 22.3. The SMILES string of the molecule is CC1(C)OC[C@@H](COc2cccc(NC(=O)N3c4nc(C(=O)O)ncc4N4CCCC3C4)n2)O1. The highest BCUT2D eigenvalue weighted by Gasteiger charge is 2.39. The number of piperidine rings is 1. The number of pyridine rings is 1. The fraction of sp³-hybridized carbons (Fsp3) is 0.500. The molecule has 2 N–H and O–H groups in total. The van der Waals surface area contributed by atoms with Crippen LogP contribution in [0.15, 0.2) is 24.4 Å². The summed E-state index contributed by atoms with van der Waals surface area (Å²) < 4.78 is 17.0. The maximum Gasteiger partial charge on any atom is 0.374 e. The maximum absolute atomic E-state index is 13.3. The predicted molar refractivity (Wildman–Crippen MR) is 120 cm³/mol. The van der Waals surface area contributed by atoms with E-state index in [1.807, 2.05) is 13.8 Å². The Morgan fingerprint density at radius 1 is 1.32 bits per heavy atom. The number of carboxylic acids is 1. The molecule has 0 aliphatic carbocycles. The number of aromatic carboxylic acids is 1. The molecule has 2 atom stereocenters. The summed E-state index contributed by atoms with van der Waals surface area (Å²) in [6, 6.07) is 4.49. The van der Waals surface area contributed by atoms with E-state index >= 15 is 0 Å². The number of ether oxygens (including phenoxy) is 3. The Hall–Kier alpha value is -3.51. The van der Waals surface area contributed by atoms with Crippen LogP contribution >= 0.6 is 0 Å². The third-order valence-corrected chi connectivity index (χ3v) is 5.93. The van der Waals surface area contributed by atoms with Gasteiger partial charge in [0.15, 0.2) is 11.6 Å². The molecule has 1 unspecified atom stereocenters. The van der Waals surface area contributed by atoms with Crippen LogP contribution in [0.25, 0.3) is 0 Å². The third-order valence-electron chi connectivity index (χ3n) is 5.93. The van der Waals surface area contributed by atoms with E-state index in [9.17, 15) is 14.7 Å². The maximum atomic E-state index is 13.3. The van der Waals surface area contributed by atoms with Crippen molar-refractivity contribution in [2.45, 2.75) is 44.6 Å². The van der Waals surface area contributed by atoms with Gasteiger partial charge in [0.1, 0.15) is 18.5 Å². The number of carboxylic acid groups (broad SMARTS) is 1. The molecule has 2 amide bonds. The highest BCUT2D eigenvalue weighted by Crippen LogP contribution is 2.37. The van der Waals surface area contributed by atoms with Crippen molar-refractivity contribution in [2.24, 2.45) is 0 Å². The van der Waals surface area contributed by atoms with Gasteiger partial charge in [-0.15, -0.1) is 0 Å². The van der Waals surface area contributed by atoms with Gasteiger partial charge in [-0.25, -0.2) is 19.6 Å². The van der Waals surface area contributed by atoms with Gasteiger partial charge < -0.3 is 24.2 Å². The molecule has 2 bridgehead atoms. The van der Waals surface area contributed by atoms with E-state index in [0.717, 1.165) is 19.4 Å². The largest absolute Gasteiger partial charge is 0.475 e. The van der Waals surface area contributed by atoms with Crippen LogP contribution in [-0.2, 0) is 9.47 Å². The van der Waals surface area contributed by atoms with Crippen LogP contribution in [-0.4, -0.2) is 76.3 Å². The van der Waals surface area contributed by atoms with Crippen molar-refractivity contribution in [1.82, 2.24) is 15.0 Å². The molecule has 2 aromatic rings. The Kier molecular flexibility index (Phi) is 5.70. The smallest absolute Gasteiger partial charge is 0.374 e. The van der Waals surface area contributed by atoms with E-state index < -0.39 is 17.8 Å². The predicted octanol–water partition coefficient (Wildman–Crippen LogP) is 2.12. The average Bonchev–Trinajstić information content (AvgIpc) is 3.16. The zero-order valence-corrected chi connectivity index (χ0v) is 18.9. The minimum Gasteiger partial charge on any atom is -0.475 e. The zero-order valence-electron chi connectivity index (χ0n) is 18.9. The van der Waals surface area contributed by atoms with Crippen molar-refractivity contribution >= 4 is 29.3 Å². The topological polar surface area (TPSA) is 139 Å². The number of carbonyl (C=O) groups excluding carboxylic acids is 1. The molecule has 5 rings (SSSR count). The second-order valence-electron chi connectivity index (χ2n) is 8.87. The number of hydrogen-bond donors (Lipinski definition) is 2. The van der Waals surface area contributed by atoms with E-state index in [1.165, 1.54) is 11.1 Å². The molecule has 0 radical (unpaired) electrons. The standard InChI is InChI=1S/C22H26N6O6/c1-22(2)33-12-14(34-22)11-32-17-7-3-6-16(24-17)25-21(31)28-13-5-4-8-27(10-13)15-9-23-18(20(29)30)26-19(15)28/h3,6-7,9,13-14H,4-5,8,10-12H2,1-2H3,(H,29,30)(H,24,25,31)/t13?,14-/m1/s1. The lowest BCUT2D eigenvalue weighted by Gasteiger charge is -2.45. The van der Waals surface area contributed by atoms with Gasteiger partial charge in [-0.1, -0.05) is 6.07 Å². The minimum atomic E-state index is -1.25. The van der Waals surface area contributed by atoms with Crippen LogP contribution < -0.4 is 19.9 Å². The van der Waals surface area contributed by atoms with Crippen molar-refractivity contribution in [3.8, 4) is 5.88 Å². The lowest BCUT2D eigenvalue weighted by Crippen LogP contribution is -2.56. The number of anilines is 3. The molecule has 2 fully saturated rings. The summed E-state index contributed by atoms with van der Waals surface area (Å²) in [5, 5.41) is 12.1. The van der Waals surface area contributed by atoms with E-state index in [1.54, 1.807) is 18.2 Å². The summed E-state index contributed by atoms with van der Waals surface area (Å²) in [5.74, 6) is -1.31. The Morgan fingerprint density at radius 2 is 2.18 bits per heavy atom. The molecular weight excluding hydrogens is 444 g/mol. The van der Waals surface area contributed by atoms with Gasteiger partial charge in [0.05, 0.1) is 24.5 Å². The number of amides is 2. The number of aromatic nitrogens is 3. The quantitative estimate of drug-likeness (QED) is 0.668. The van der Waals surface area contributed by atoms with Gasteiger partial charge in [-0.05, 0) is 32.8 Å². The van der Waals surface area contributed by atoms with Crippen LogP contribution in [0.3, 0.4) is 0 Å². The monoisotopic (exact) mass is 470 g/mol.